The fourth-order valence-electron chi connectivity index (χ4n) is 8.24. The maximum absolute atomic E-state index is 13.2. The van der Waals surface area contributed by atoms with Crippen LogP contribution in [0.2, 0.25) is 0 Å². The number of nitrogens with two attached hydrogens (primary N) is 10. The Morgan fingerprint density at radius 2 is 0.729 bits per heavy atom. The van der Waals surface area contributed by atoms with Gasteiger partial charge in [0.05, 0.1) is 5.92 Å². The molecule has 3 rings (SSSR count). The largest absolute Gasteiger partial charge is 0.442 e. The van der Waals surface area contributed by atoms with E-state index in [1.54, 1.807) is 43.3 Å². The van der Waals surface area contributed by atoms with Gasteiger partial charge in [-0.25, -0.2) is 0 Å². The van der Waals surface area contributed by atoms with Gasteiger partial charge >= 0.3 is 18.0 Å². The van der Waals surface area contributed by atoms with Gasteiger partial charge in [-0.2, -0.15) is 26.3 Å². The summed E-state index contributed by atoms with van der Waals surface area (Å²) in [7, 11) is 0. The Morgan fingerprint density at radius 3 is 1.00 bits per heavy atom. The van der Waals surface area contributed by atoms with E-state index in [2.05, 4.69) is 20.9 Å². The molecule has 0 aromatic heterocycles. The molecule has 0 aliphatic carbocycles. The lowest BCUT2D eigenvalue weighted by Gasteiger charge is -2.29. The highest BCUT2D eigenvalue weighted by molar-refractivity contribution is 5.32. The van der Waals surface area contributed by atoms with Crippen LogP contribution in [0.4, 0.5) is 26.3 Å². The van der Waals surface area contributed by atoms with Crippen molar-refractivity contribution in [2.45, 2.75) is 241 Å². The molecule has 0 spiro atoms. The number of hydrogen-bond donors (Lipinski definition) is 12. The molecular weight excluding hydrogens is 911 g/mol. The molecule has 1 aliphatic heterocycles. The second-order valence-corrected chi connectivity index (χ2v) is 18.9. The second-order valence-electron chi connectivity index (χ2n) is 18.9. The molecular formula is C50H94F6N14. The summed E-state index contributed by atoms with van der Waals surface area (Å²) >= 11 is 0. The van der Waals surface area contributed by atoms with Crippen molar-refractivity contribution in [3.05, 3.63) is 70.8 Å². The zero-order valence-electron chi connectivity index (χ0n) is 43.2. The van der Waals surface area contributed by atoms with Crippen LogP contribution in [0, 0.1) is 0 Å². The summed E-state index contributed by atoms with van der Waals surface area (Å²) in [5.41, 5.74) is 61.7. The molecule has 13 atom stereocenters. The molecule has 0 amide bonds. The third-order valence-electron chi connectivity index (χ3n) is 13.8. The topological polar surface area (TPSA) is 309 Å². The molecule has 0 bridgehead atoms. The normalized spacial score (nSPS) is 19.1. The molecule has 0 fully saturated rings. The van der Waals surface area contributed by atoms with Crippen LogP contribution >= 0.6 is 0 Å². The van der Waals surface area contributed by atoms with Gasteiger partial charge in [-0.15, -0.1) is 10.2 Å². The smallest absolute Gasteiger partial charge is 0.326 e. The summed E-state index contributed by atoms with van der Waals surface area (Å²) in [5, 5.41) is 13.4. The number of alkyl halides is 6. The van der Waals surface area contributed by atoms with Crippen LogP contribution in [-0.4, -0.2) is 84.9 Å². The van der Waals surface area contributed by atoms with Gasteiger partial charge in [0.1, 0.15) is 0 Å². The molecule has 70 heavy (non-hydrogen) atoms. The van der Waals surface area contributed by atoms with Crippen molar-refractivity contribution in [2.75, 3.05) is 0 Å². The van der Waals surface area contributed by atoms with Gasteiger partial charge in [0, 0.05) is 91.2 Å². The molecule has 0 saturated heterocycles. The molecule has 0 saturated carbocycles. The van der Waals surface area contributed by atoms with Crippen LogP contribution in [0.15, 0.2) is 58.8 Å². The van der Waals surface area contributed by atoms with E-state index in [4.69, 9.17) is 57.3 Å². The van der Waals surface area contributed by atoms with Crippen molar-refractivity contribution in [3.63, 3.8) is 0 Å². The van der Waals surface area contributed by atoms with Crippen molar-refractivity contribution in [3.8, 4) is 0 Å². The minimum Gasteiger partial charge on any atom is -0.326 e. The highest BCUT2D eigenvalue weighted by Crippen LogP contribution is 2.52. The molecule has 14 nitrogen and oxygen atoms in total. The molecule has 20 heteroatoms. The van der Waals surface area contributed by atoms with E-state index < -0.39 is 23.9 Å². The number of rotatable bonds is 31. The van der Waals surface area contributed by atoms with Crippen LogP contribution in [0.3, 0.4) is 0 Å². The van der Waals surface area contributed by atoms with Crippen LogP contribution < -0.4 is 68.0 Å². The Labute approximate surface area is 415 Å². The number of nitrogens with zero attached hydrogens (tertiary/aromatic N) is 2. The fraction of sp³-hybridized carbons (Fsp3) is 0.760. The Balaban J connectivity index is 0.000000676. The summed E-state index contributed by atoms with van der Waals surface area (Å²) in [6.45, 7) is 14.5. The predicted molar refractivity (Wildman–Crippen MR) is 275 cm³/mol. The first kappa shape index (κ1) is 65.2. The van der Waals surface area contributed by atoms with Crippen LogP contribution in [0.25, 0.3) is 0 Å². The monoisotopic (exact) mass is 1000 g/mol. The van der Waals surface area contributed by atoms with Crippen molar-refractivity contribution in [1.29, 1.82) is 0 Å². The van der Waals surface area contributed by atoms with Gasteiger partial charge in [-0.1, -0.05) is 97.0 Å². The first-order valence-corrected chi connectivity index (χ1v) is 25.7. The van der Waals surface area contributed by atoms with E-state index in [0.717, 1.165) is 62.5 Å². The Kier molecular flexibility index (Phi) is 30.1. The molecule has 0 radical (unpaired) electrons. The van der Waals surface area contributed by atoms with E-state index in [-0.39, 0.29) is 90.0 Å². The van der Waals surface area contributed by atoms with Crippen molar-refractivity contribution in [1.82, 2.24) is 10.6 Å². The highest BCUT2D eigenvalue weighted by Gasteiger charge is 2.65. The highest BCUT2D eigenvalue weighted by atomic mass is 19.4. The summed E-state index contributed by atoms with van der Waals surface area (Å²) < 4.78 is 79.3. The van der Waals surface area contributed by atoms with Gasteiger partial charge in [0.25, 0.3) is 0 Å². The first-order valence-electron chi connectivity index (χ1n) is 25.7. The SMILES string of the molecule is CC.CCC(N)C(N)CCC(N)C(CCC(N)C(N)CC)NCc1ccc(C(CC)C(F)(F)F)cc1.CCC(N)C(N)CCC(N)C(CCC(N)C(N)CC)NCc1ccc(C2(C(F)(F)F)N=N2)cc1. The van der Waals surface area contributed by atoms with E-state index in [9.17, 15) is 26.3 Å². The van der Waals surface area contributed by atoms with E-state index in [0.29, 0.717) is 38.8 Å². The van der Waals surface area contributed by atoms with E-state index in [1.165, 1.54) is 12.1 Å². The van der Waals surface area contributed by atoms with Gasteiger partial charge in [-0.3, -0.25) is 0 Å². The molecule has 22 N–H and O–H groups in total. The van der Waals surface area contributed by atoms with Crippen molar-refractivity contribution in [2.24, 2.45) is 67.6 Å². The summed E-state index contributed by atoms with van der Waals surface area (Å²) in [5.74, 6) is -1.45. The third kappa shape index (κ3) is 21.7. The Bertz CT molecular complexity index is 1680. The molecule has 2 aromatic rings. The number of hydrogen-bond acceptors (Lipinski definition) is 14. The lowest BCUT2D eigenvalue weighted by molar-refractivity contribution is -0.166. The lowest BCUT2D eigenvalue weighted by atomic mass is 9.91. The maximum atomic E-state index is 13.2. The Hall–Kier alpha value is -2.86. The zero-order chi connectivity index (χ0) is 53.4. The molecule has 13 unspecified atom stereocenters. The quantitative estimate of drug-likeness (QED) is 0.0356. The van der Waals surface area contributed by atoms with Gasteiger partial charge < -0.3 is 68.0 Å². The molecule has 406 valence electrons. The van der Waals surface area contributed by atoms with Crippen LogP contribution in [-0.2, 0) is 18.8 Å². The van der Waals surface area contributed by atoms with Crippen molar-refractivity contribution >= 4 is 0 Å². The minimum atomic E-state index is -4.54. The average molecular weight is 1010 g/mol. The van der Waals surface area contributed by atoms with Gasteiger partial charge in [-0.05, 0) is 100 Å². The molecule has 1 heterocycles. The molecule has 1 aliphatic rings. The van der Waals surface area contributed by atoms with Crippen molar-refractivity contribution < 1.29 is 26.3 Å². The maximum Gasteiger partial charge on any atom is 0.442 e. The number of benzene rings is 2. The van der Waals surface area contributed by atoms with Crippen LogP contribution in [0.5, 0.6) is 0 Å². The lowest BCUT2D eigenvalue weighted by Crippen LogP contribution is -2.49. The minimum absolute atomic E-state index is 0.0118. The van der Waals surface area contributed by atoms with Crippen LogP contribution in [0.1, 0.15) is 160 Å². The number of halogens is 6. The predicted octanol–water partition coefficient (Wildman–Crippen LogP) is 6.59. The average Bonchev–Trinajstić information content (AvgIpc) is 4.18. The fourth-order valence-corrected chi connectivity index (χ4v) is 8.24. The standard InChI is InChI=1S/C25H47F3N6.C23H41F3N8.C2H6/c1-4-18(25(26,27)28)17-9-7-16(8-10-17)15-34-24(14-13-22(32)20(30)6-3)23(33)12-11-21(31)19(29)5-2;1-3-16(27)18(29)9-10-20(31)21(12-11-19(30)17(28)4-2)32-13-14-5-7-15(8-6-14)22(33-34-22)23(24,25)26;1-2/h7-10,18-24,34H,4-6,11-15,29-33H2,1-3H3;5-8,16-21,32H,3-4,9-13,27-31H2,1-2H3;1-2H3. The van der Waals surface area contributed by atoms with E-state index >= 15 is 0 Å². The number of nitrogens with one attached hydrogen (secondary N) is 2. The summed E-state index contributed by atoms with van der Waals surface area (Å²) in [6.07, 6.45) is 0.166. The van der Waals surface area contributed by atoms with Gasteiger partial charge in [0.2, 0.25) is 0 Å². The second kappa shape index (κ2) is 32.4. The Morgan fingerprint density at radius 1 is 0.429 bits per heavy atom. The van der Waals surface area contributed by atoms with E-state index in [1.807, 2.05) is 41.5 Å². The third-order valence-corrected chi connectivity index (χ3v) is 13.8. The summed E-state index contributed by atoms with van der Waals surface area (Å²) in [6, 6.07) is 11.5. The zero-order valence-corrected chi connectivity index (χ0v) is 43.2. The first-order chi connectivity index (χ1) is 32.9. The summed E-state index contributed by atoms with van der Waals surface area (Å²) in [4.78, 5) is 0. The van der Waals surface area contributed by atoms with Gasteiger partial charge in [0.15, 0.2) is 0 Å². The molecule has 2 aromatic carbocycles.